The topological polar surface area (TPSA) is 61.9 Å². The first kappa shape index (κ1) is 15.6. The quantitative estimate of drug-likeness (QED) is 0.802. The van der Waals surface area contributed by atoms with Gasteiger partial charge in [-0.2, -0.15) is 5.10 Å². The zero-order chi connectivity index (χ0) is 17.2. The summed E-state index contributed by atoms with van der Waals surface area (Å²) in [5.74, 6) is 0.134. The third-order valence-corrected chi connectivity index (χ3v) is 4.69. The van der Waals surface area contributed by atoms with Crippen molar-refractivity contribution in [3.8, 4) is 11.3 Å². The van der Waals surface area contributed by atoms with Gasteiger partial charge in [0.25, 0.3) is 0 Å². The van der Waals surface area contributed by atoms with E-state index in [4.69, 9.17) is 0 Å². The number of aromatic nitrogens is 3. The van der Waals surface area contributed by atoms with Crippen LogP contribution in [0.15, 0.2) is 48.8 Å². The second-order valence-corrected chi connectivity index (χ2v) is 6.50. The van der Waals surface area contributed by atoms with Crippen LogP contribution in [0.4, 0.5) is 0 Å². The van der Waals surface area contributed by atoms with Gasteiger partial charge in [0, 0.05) is 48.7 Å². The third-order valence-electron chi connectivity index (χ3n) is 4.69. The van der Waals surface area contributed by atoms with Gasteiger partial charge in [0.2, 0.25) is 5.91 Å². The van der Waals surface area contributed by atoms with Gasteiger partial charge >= 0.3 is 0 Å². The molecule has 0 unspecified atom stereocenters. The molecule has 3 aromatic rings. The Hall–Kier alpha value is -2.95. The van der Waals surface area contributed by atoms with Crippen LogP contribution in [-0.4, -0.2) is 32.5 Å². The summed E-state index contributed by atoms with van der Waals surface area (Å²) in [6.45, 7) is 3.40. The highest BCUT2D eigenvalue weighted by Gasteiger charge is 2.25. The Morgan fingerprint density at radius 1 is 1.24 bits per heavy atom. The maximum absolute atomic E-state index is 12.7. The molecule has 126 valence electrons. The predicted molar refractivity (Wildman–Crippen MR) is 95.8 cm³/mol. The average Bonchev–Trinajstić information content (AvgIpc) is 3.06. The smallest absolute Gasteiger partial charge is 0.227 e. The van der Waals surface area contributed by atoms with E-state index in [0.29, 0.717) is 13.0 Å². The summed E-state index contributed by atoms with van der Waals surface area (Å²) >= 11 is 0. The fraction of sp³-hybridized carbons (Fsp3) is 0.250. The lowest BCUT2D eigenvalue weighted by Crippen LogP contribution is -2.36. The summed E-state index contributed by atoms with van der Waals surface area (Å²) in [6.07, 6.45) is 4.68. The highest BCUT2D eigenvalue weighted by atomic mass is 16.2. The first-order valence-corrected chi connectivity index (χ1v) is 8.50. The Morgan fingerprint density at radius 3 is 2.84 bits per heavy atom. The minimum Gasteiger partial charge on any atom is -0.338 e. The molecular weight excluding hydrogens is 312 g/mol. The van der Waals surface area contributed by atoms with Gasteiger partial charge in [-0.05, 0) is 18.6 Å². The van der Waals surface area contributed by atoms with Gasteiger partial charge < -0.3 is 4.90 Å². The van der Waals surface area contributed by atoms with Crippen LogP contribution in [0, 0.1) is 6.92 Å². The first-order valence-electron chi connectivity index (χ1n) is 8.50. The Morgan fingerprint density at radius 2 is 2.08 bits per heavy atom. The van der Waals surface area contributed by atoms with Crippen molar-refractivity contribution in [3.63, 3.8) is 0 Å². The second-order valence-electron chi connectivity index (χ2n) is 6.50. The Bertz CT molecular complexity index is 884. The average molecular weight is 332 g/mol. The summed E-state index contributed by atoms with van der Waals surface area (Å²) in [5.41, 5.74) is 6.49. The van der Waals surface area contributed by atoms with Crippen molar-refractivity contribution in [2.75, 3.05) is 6.54 Å². The molecule has 5 heteroatoms. The number of amides is 1. The number of benzene rings is 1. The molecule has 0 fully saturated rings. The van der Waals surface area contributed by atoms with E-state index in [9.17, 15) is 4.79 Å². The maximum Gasteiger partial charge on any atom is 0.227 e. The van der Waals surface area contributed by atoms with E-state index >= 15 is 0 Å². The summed E-state index contributed by atoms with van der Waals surface area (Å²) < 4.78 is 0. The molecule has 0 aliphatic carbocycles. The molecule has 0 atom stereocenters. The van der Waals surface area contributed by atoms with E-state index in [1.54, 1.807) is 12.4 Å². The lowest BCUT2D eigenvalue weighted by Gasteiger charge is -2.27. The zero-order valence-electron chi connectivity index (χ0n) is 14.2. The Balaban J connectivity index is 1.55. The fourth-order valence-electron chi connectivity index (χ4n) is 3.25. The van der Waals surface area contributed by atoms with Crippen molar-refractivity contribution in [2.45, 2.75) is 26.3 Å². The molecule has 0 saturated heterocycles. The van der Waals surface area contributed by atoms with Crippen LogP contribution < -0.4 is 0 Å². The molecule has 5 nitrogen and oxygen atoms in total. The molecule has 1 aliphatic heterocycles. The molecule has 1 aromatic carbocycles. The molecule has 0 radical (unpaired) electrons. The number of carbonyl (C=O) groups excluding carboxylic acids is 1. The molecular formula is C20H20N4O. The van der Waals surface area contributed by atoms with E-state index in [1.807, 2.05) is 17.0 Å². The monoisotopic (exact) mass is 332 g/mol. The minimum atomic E-state index is 0.134. The normalized spacial score (nSPS) is 13.6. The van der Waals surface area contributed by atoms with Crippen molar-refractivity contribution >= 4 is 5.91 Å². The molecule has 1 aliphatic rings. The molecule has 1 amide bonds. The molecule has 0 saturated carbocycles. The van der Waals surface area contributed by atoms with Crippen molar-refractivity contribution in [3.05, 3.63) is 71.2 Å². The predicted octanol–water partition coefficient (Wildman–Crippen LogP) is 2.91. The number of nitrogens with one attached hydrogen (secondary N) is 1. The number of hydrogen-bond donors (Lipinski definition) is 1. The molecule has 4 rings (SSSR count). The summed E-state index contributed by atoms with van der Waals surface area (Å²) in [7, 11) is 0. The number of pyridine rings is 1. The lowest BCUT2D eigenvalue weighted by atomic mass is 10.00. The van der Waals surface area contributed by atoms with Gasteiger partial charge in [-0.3, -0.25) is 14.9 Å². The number of aromatic amines is 1. The first-order chi connectivity index (χ1) is 12.2. The van der Waals surface area contributed by atoms with E-state index in [2.05, 4.69) is 46.4 Å². The number of rotatable bonds is 3. The van der Waals surface area contributed by atoms with E-state index in [-0.39, 0.29) is 5.91 Å². The zero-order valence-corrected chi connectivity index (χ0v) is 14.2. The van der Waals surface area contributed by atoms with Gasteiger partial charge in [-0.15, -0.1) is 0 Å². The molecule has 1 N–H and O–H groups in total. The van der Waals surface area contributed by atoms with Crippen molar-refractivity contribution < 1.29 is 4.79 Å². The molecule has 25 heavy (non-hydrogen) atoms. The Kier molecular flexibility index (Phi) is 4.06. The van der Waals surface area contributed by atoms with Crippen LogP contribution in [0.5, 0.6) is 0 Å². The number of nitrogens with zero attached hydrogens (tertiary/aromatic N) is 3. The molecule has 3 heterocycles. The SMILES string of the molecule is Cc1ccc(-c2n[nH]c3c2CN(C(=O)Cc2cccnc2)CC3)cc1. The lowest BCUT2D eigenvalue weighted by molar-refractivity contribution is -0.131. The number of H-pyrrole nitrogens is 1. The van der Waals surface area contributed by atoms with Crippen LogP contribution in [0.1, 0.15) is 22.4 Å². The van der Waals surface area contributed by atoms with Crippen molar-refractivity contribution in [2.24, 2.45) is 0 Å². The standard InChI is InChI=1S/C20H20N4O/c1-14-4-6-16(7-5-14)20-17-13-24(10-8-18(17)22-23-20)19(25)11-15-3-2-9-21-12-15/h2-7,9,12H,8,10-11,13H2,1H3,(H,22,23). The molecule has 0 bridgehead atoms. The summed E-state index contributed by atoms with van der Waals surface area (Å²) in [6, 6.07) is 12.2. The van der Waals surface area contributed by atoms with E-state index in [1.165, 1.54) is 5.56 Å². The van der Waals surface area contributed by atoms with Gasteiger partial charge in [0.15, 0.2) is 0 Å². The van der Waals surface area contributed by atoms with Crippen molar-refractivity contribution in [1.29, 1.82) is 0 Å². The van der Waals surface area contributed by atoms with Gasteiger partial charge in [-0.1, -0.05) is 35.9 Å². The van der Waals surface area contributed by atoms with Crippen LogP contribution in [0.25, 0.3) is 11.3 Å². The van der Waals surface area contributed by atoms with Gasteiger partial charge in [0.05, 0.1) is 12.1 Å². The van der Waals surface area contributed by atoms with E-state index < -0.39 is 0 Å². The largest absolute Gasteiger partial charge is 0.338 e. The number of fused-ring (bicyclic) bond motifs is 1. The number of carbonyl (C=O) groups is 1. The number of hydrogen-bond acceptors (Lipinski definition) is 3. The second kappa shape index (κ2) is 6.51. The van der Waals surface area contributed by atoms with Crippen LogP contribution >= 0.6 is 0 Å². The molecule has 0 spiro atoms. The fourth-order valence-corrected chi connectivity index (χ4v) is 3.25. The third kappa shape index (κ3) is 3.18. The highest BCUT2D eigenvalue weighted by molar-refractivity contribution is 5.79. The number of aryl methyl sites for hydroxylation is 1. The van der Waals surface area contributed by atoms with Crippen LogP contribution in [-0.2, 0) is 24.2 Å². The van der Waals surface area contributed by atoms with E-state index in [0.717, 1.165) is 41.0 Å². The Labute approximate surface area is 146 Å². The summed E-state index contributed by atoms with van der Waals surface area (Å²) in [5, 5.41) is 7.65. The highest BCUT2D eigenvalue weighted by Crippen LogP contribution is 2.28. The van der Waals surface area contributed by atoms with Crippen molar-refractivity contribution in [1.82, 2.24) is 20.1 Å². The maximum atomic E-state index is 12.7. The molecule has 2 aromatic heterocycles. The van der Waals surface area contributed by atoms with Crippen LogP contribution in [0.2, 0.25) is 0 Å². The van der Waals surface area contributed by atoms with Gasteiger partial charge in [0.1, 0.15) is 0 Å². The minimum absolute atomic E-state index is 0.134. The summed E-state index contributed by atoms with van der Waals surface area (Å²) in [4.78, 5) is 18.7. The van der Waals surface area contributed by atoms with Crippen LogP contribution in [0.3, 0.4) is 0 Å². The van der Waals surface area contributed by atoms with Gasteiger partial charge in [-0.25, -0.2) is 0 Å².